The first-order valence-electron chi connectivity index (χ1n) is 10.9. The Morgan fingerprint density at radius 3 is 2.45 bits per heavy atom. The van der Waals surface area contributed by atoms with E-state index in [1.807, 2.05) is 11.9 Å². The standard InChI is InChI=1S/C21H31N5O3/c1-24-17-10-13-26(19(28)9-8-18(27)22-15-6-2-3-7-15)14-16(17)20(23-24)21(29)25-11-4-5-12-25/h15H,2-14H2,1H3,(H,22,27). The van der Waals surface area contributed by atoms with Gasteiger partial charge in [-0.1, -0.05) is 12.8 Å². The predicted octanol–water partition coefficient (Wildman–Crippen LogP) is 1.38. The zero-order valence-electron chi connectivity index (χ0n) is 17.3. The van der Waals surface area contributed by atoms with Crippen molar-refractivity contribution in [2.24, 2.45) is 7.05 Å². The molecule has 2 aliphatic heterocycles. The molecule has 3 heterocycles. The number of rotatable bonds is 5. The fourth-order valence-corrected chi connectivity index (χ4v) is 4.80. The van der Waals surface area contributed by atoms with E-state index in [1.54, 1.807) is 9.58 Å². The summed E-state index contributed by atoms with van der Waals surface area (Å²) in [5.41, 5.74) is 2.40. The molecule has 1 aliphatic carbocycles. The Labute approximate surface area is 171 Å². The van der Waals surface area contributed by atoms with Crippen molar-refractivity contribution in [3.8, 4) is 0 Å². The molecule has 0 radical (unpaired) electrons. The maximum Gasteiger partial charge on any atom is 0.274 e. The summed E-state index contributed by atoms with van der Waals surface area (Å²) >= 11 is 0. The number of fused-ring (bicyclic) bond motifs is 1. The monoisotopic (exact) mass is 401 g/mol. The van der Waals surface area contributed by atoms with Gasteiger partial charge in [0.15, 0.2) is 5.69 Å². The second-order valence-electron chi connectivity index (χ2n) is 8.51. The van der Waals surface area contributed by atoms with E-state index in [2.05, 4.69) is 10.4 Å². The van der Waals surface area contributed by atoms with Crippen molar-refractivity contribution in [1.29, 1.82) is 0 Å². The van der Waals surface area contributed by atoms with Crippen LogP contribution in [0.2, 0.25) is 0 Å². The molecule has 0 atom stereocenters. The van der Waals surface area contributed by atoms with Crippen molar-refractivity contribution in [3.05, 3.63) is 17.0 Å². The summed E-state index contributed by atoms with van der Waals surface area (Å²) in [5, 5.41) is 7.52. The van der Waals surface area contributed by atoms with Crippen LogP contribution in [0.4, 0.5) is 0 Å². The lowest BCUT2D eigenvalue weighted by atomic mass is 10.0. The molecule has 0 spiro atoms. The summed E-state index contributed by atoms with van der Waals surface area (Å²) in [6, 6.07) is 0.282. The van der Waals surface area contributed by atoms with Crippen molar-refractivity contribution in [1.82, 2.24) is 24.9 Å². The van der Waals surface area contributed by atoms with E-state index in [0.29, 0.717) is 25.2 Å². The zero-order valence-corrected chi connectivity index (χ0v) is 17.3. The highest BCUT2D eigenvalue weighted by molar-refractivity contribution is 5.94. The smallest absolute Gasteiger partial charge is 0.274 e. The lowest BCUT2D eigenvalue weighted by molar-refractivity contribution is -0.134. The third-order valence-corrected chi connectivity index (χ3v) is 6.48. The topological polar surface area (TPSA) is 87.5 Å². The molecule has 2 fully saturated rings. The maximum absolute atomic E-state index is 12.9. The molecule has 0 aromatic carbocycles. The Bertz CT molecular complexity index is 790. The fraction of sp³-hybridized carbons (Fsp3) is 0.714. The average molecular weight is 402 g/mol. The van der Waals surface area contributed by atoms with Crippen LogP contribution in [-0.2, 0) is 29.6 Å². The van der Waals surface area contributed by atoms with Gasteiger partial charge in [0.1, 0.15) is 0 Å². The van der Waals surface area contributed by atoms with E-state index >= 15 is 0 Å². The minimum absolute atomic E-state index is 0.0235. The normalized spacial score (nSPS) is 19.5. The van der Waals surface area contributed by atoms with E-state index in [9.17, 15) is 14.4 Å². The molecule has 1 saturated carbocycles. The molecule has 1 saturated heterocycles. The van der Waals surface area contributed by atoms with Gasteiger partial charge in [0.25, 0.3) is 5.91 Å². The van der Waals surface area contributed by atoms with Gasteiger partial charge in [-0.2, -0.15) is 5.10 Å². The number of aromatic nitrogens is 2. The molecule has 1 aromatic heterocycles. The number of hydrogen-bond acceptors (Lipinski definition) is 4. The average Bonchev–Trinajstić information content (AvgIpc) is 3.47. The van der Waals surface area contributed by atoms with E-state index in [1.165, 1.54) is 12.8 Å². The molecule has 4 rings (SSSR count). The number of hydrogen-bond donors (Lipinski definition) is 1. The number of carbonyl (C=O) groups excluding carboxylic acids is 3. The third-order valence-electron chi connectivity index (χ3n) is 6.48. The highest BCUT2D eigenvalue weighted by Crippen LogP contribution is 2.25. The van der Waals surface area contributed by atoms with Gasteiger partial charge < -0.3 is 15.1 Å². The van der Waals surface area contributed by atoms with Crippen LogP contribution in [0.1, 0.15) is 73.1 Å². The minimum atomic E-state index is -0.0331. The molecule has 1 aromatic rings. The summed E-state index contributed by atoms with van der Waals surface area (Å²) in [5.74, 6) is -0.0838. The second-order valence-corrected chi connectivity index (χ2v) is 8.51. The number of nitrogens with one attached hydrogen (secondary N) is 1. The number of nitrogens with zero attached hydrogens (tertiary/aromatic N) is 4. The Hall–Kier alpha value is -2.38. The summed E-state index contributed by atoms with van der Waals surface area (Å²) < 4.78 is 1.79. The first-order chi connectivity index (χ1) is 14.0. The van der Waals surface area contributed by atoms with E-state index in [0.717, 1.165) is 50.0 Å². The minimum Gasteiger partial charge on any atom is -0.353 e. The van der Waals surface area contributed by atoms with Gasteiger partial charge in [-0.15, -0.1) is 0 Å². The molecular weight excluding hydrogens is 370 g/mol. The Morgan fingerprint density at radius 2 is 1.72 bits per heavy atom. The van der Waals surface area contributed by atoms with E-state index < -0.39 is 0 Å². The van der Waals surface area contributed by atoms with Crippen molar-refractivity contribution in [2.75, 3.05) is 19.6 Å². The van der Waals surface area contributed by atoms with Gasteiger partial charge in [0.05, 0.1) is 0 Å². The van der Waals surface area contributed by atoms with Gasteiger partial charge in [0.2, 0.25) is 11.8 Å². The Kier molecular flexibility index (Phi) is 5.87. The number of aryl methyl sites for hydroxylation is 1. The first-order valence-corrected chi connectivity index (χ1v) is 10.9. The van der Waals surface area contributed by atoms with Crippen LogP contribution in [0.25, 0.3) is 0 Å². The Balaban J connectivity index is 1.36. The molecule has 0 bridgehead atoms. The molecule has 29 heavy (non-hydrogen) atoms. The first kappa shape index (κ1) is 19.9. The van der Waals surface area contributed by atoms with Crippen LogP contribution < -0.4 is 5.32 Å². The molecule has 3 aliphatic rings. The Morgan fingerprint density at radius 1 is 1.00 bits per heavy atom. The second kappa shape index (κ2) is 8.55. The molecular formula is C21H31N5O3. The van der Waals surface area contributed by atoms with Crippen LogP contribution in [0.3, 0.4) is 0 Å². The predicted molar refractivity (Wildman–Crippen MR) is 107 cm³/mol. The zero-order chi connectivity index (χ0) is 20.4. The number of likely N-dealkylation sites (tertiary alicyclic amines) is 1. The van der Waals surface area contributed by atoms with Gasteiger partial charge in [-0.3, -0.25) is 19.1 Å². The van der Waals surface area contributed by atoms with Crippen molar-refractivity contribution >= 4 is 17.7 Å². The highest BCUT2D eigenvalue weighted by atomic mass is 16.2. The number of amides is 3. The summed E-state index contributed by atoms with van der Waals surface area (Å²) in [7, 11) is 1.87. The van der Waals surface area contributed by atoms with Crippen LogP contribution in [-0.4, -0.2) is 63.0 Å². The quantitative estimate of drug-likeness (QED) is 0.807. The van der Waals surface area contributed by atoms with Gasteiger partial charge >= 0.3 is 0 Å². The van der Waals surface area contributed by atoms with Crippen molar-refractivity contribution in [2.45, 2.75) is 70.4 Å². The van der Waals surface area contributed by atoms with Crippen LogP contribution in [0.15, 0.2) is 0 Å². The molecule has 0 unspecified atom stereocenters. The van der Waals surface area contributed by atoms with Gasteiger partial charge in [-0.05, 0) is 25.7 Å². The van der Waals surface area contributed by atoms with Gasteiger partial charge in [0, 0.05) is 69.8 Å². The molecule has 8 nitrogen and oxygen atoms in total. The fourth-order valence-electron chi connectivity index (χ4n) is 4.80. The molecule has 3 amide bonds. The van der Waals surface area contributed by atoms with Crippen LogP contribution >= 0.6 is 0 Å². The summed E-state index contributed by atoms with van der Waals surface area (Å²) in [4.78, 5) is 41.4. The maximum atomic E-state index is 12.9. The van der Waals surface area contributed by atoms with Crippen LogP contribution in [0.5, 0.6) is 0 Å². The van der Waals surface area contributed by atoms with Crippen molar-refractivity contribution in [3.63, 3.8) is 0 Å². The SMILES string of the molecule is Cn1nc(C(=O)N2CCCC2)c2c1CCN(C(=O)CCC(=O)NC1CCCC1)C2. The highest BCUT2D eigenvalue weighted by Gasteiger charge is 2.32. The van der Waals surface area contributed by atoms with E-state index in [-0.39, 0.29) is 36.6 Å². The largest absolute Gasteiger partial charge is 0.353 e. The summed E-state index contributed by atoms with van der Waals surface area (Å²) in [6.45, 7) is 2.57. The van der Waals surface area contributed by atoms with Gasteiger partial charge in [-0.25, -0.2) is 0 Å². The molecule has 1 N–H and O–H groups in total. The molecule has 158 valence electrons. The lowest BCUT2D eigenvalue weighted by Crippen LogP contribution is -2.38. The third kappa shape index (κ3) is 4.31. The summed E-state index contributed by atoms with van der Waals surface area (Å²) in [6.07, 6.45) is 7.63. The van der Waals surface area contributed by atoms with Crippen LogP contribution in [0, 0.1) is 0 Å². The lowest BCUT2D eigenvalue weighted by Gasteiger charge is -2.28. The van der Waals surface area contributed by atoms with Crippen molar-refractivity contribution < 1.29 is 14.4 Å². The number of carbonyl (C=O) groups is 3. The molecule has 8 heteroatoms. The van der Waals surface area contributed by atoms with E-state index in [4.69, 9.17) is 0 Å².